The van der Waals surface area contributed by atoms with Crippen molar-refractivity contribution in [1.29, 1.82) is 0 Å². The molecule has 0 aromatic heterocycles. The fraction of sp³-hybridized carbons (Fsp3) is 0.833. The third-order valence-electron chi connectivity index (χ3n) is 2.31. The normalized spacial score (nSPS) is 38.1. The number of hydrogen-bond acceptors (Lipinski definition) is 2. The summed E-state index contributed by atoms with van der Waals surface area (Å²) in [6, 6.07) is 0.793. The Balaban J connectivity index is 2.16. The van der Waals surface area contributed by atoms with Crippen molar-refractivity contribution in [2.24, 2.45) is 0 Å². The van der Waals surface area contributed by atoms with Crippen LogP contribution in [-0.4, -0.2) is 43.2 Å². The van der Waals surface area contributed by atoms with E-state index in [9.17, 15) is 4.79 Å². The summed E-state index contributed by atoms with van der Waals surface area (Å²) in [5, 5.41) is 6.11. The molecule has 0 bridgehead atoms. The van der Waals surface area contributed by atoms with Crippen LogP contribution in [0.4, 0.5) is 4.79 Å². The molecule has 2 heterocycles. The van der Waals surface area contributed by atoms with E-state index in [0.717, 1.165) is 13.1 Å². The van der Waals surface area contributed by atoms with E-state index in [-0.39, 0.29) is 6.03 Å². The Morgan fingerprint density at radius 1 is 1.60 bits per heavy atom. The number of carbonyl (C=O) groups excluding carboxylic acids is 1. The number of urea groups is 1. The summed E-state index contributed by atoms with van der Waals surface area (Å²) < 4.78 is 0. The Kier molecular flexibility index (Phi) is 1.11. The standard InChI is InChI=1S/C6H11N3O/c1-9-5-3-7-2-4(5)8-6(9)10/h4-5,7H,2-3H2,1H3,(H,8,10). The molecular weight excluding hydrogens is 130 g/mol. The summed E-state index contributed by atoms with van der Waals surface area (Å²) in [7, 11) is 1.84. The van der Waals surface area contributed by atoms with Gasteiger partial charge < -0.3 is 15.5 Å². The van der Waals surface area contributed by atoms with Crippen LogP contribution in [0, 0.1) is 0 Å². The van der Waals surface area contributed by atoms with Gasteiger partial charge in [-0.3, -0.25) is 0 Å². The molecule has 0 spiro atoms. The highest BCUT2D eigenvalue weighted by atomic mass is 16.2. The number of carbonyl (C=O) groups is 1. The molecule has 0 aromatic carbocycles. The van der Waals surface area contributed by atoms with Gasteiger partial charge in [0.15, 0.2) is 0 Å². The number of amides is 2. The highest BCUT2D eigenvalue weighted by molar-refractivity contribution is 5.77. The molecule has 2 aliphatic heterocycles. The number of nitrogens with one attached hydrogen (secondary N) is 2. The van der Waals surface area contributed by atoms with Crippen molar-refractivity contribution in [3.05, 3.63) is 0 Å². The van der Waals surface area contributed by atoms with E-state index in [0.29, 0.717) is 12.1 Å². The van der Waals surface area contributed by atoms with Crippen molar-refractivity contribution in [2.45, 2.75) is 12.1 Å². The Morgan fingerprint density at radius 2 is 2.40 bits per heavy atom. The predicted molar refractivity (Wildman–Crippen MR) is 36.7 cm³/mol. The number of likely N-dealkylation sites (N-methyl/N-ethyl adjacent to an activating group) is 1. The molecule has 2 atom stereocenters. The average molecular weight is 141 g/mol. The van der Waals surface area contributed by atoms with Gasteiger partial charge in [0, 0.05) is 20.1 Å². The Hall–Kier alpha value is -0.770. The molecule has 2 rings (SSSR count). The molecule has 2 N–H and O–H groups in total. The molecule has 2 unspecified atom stereocenters. The Morgan fingerprint density at radius 3 is 3.10 bits per heavy atom. The summed E-state index contributed by atoms with van der Waals surface area (Å²) in [5.41, 5.74) is 0. The van der Waals surface area contributed by atoms with Gasteiger partial charge in [-0.05, 0) is 0 Å². The van der Waals surface area contributed by atoms with Crippen molar-refractivity contribution in [3.8, 4) is 0 Å². The van der Waals surface area contributed by atoms with Crippen molar-refractivity contribution >= 4 is 6.03 Å². The van der Waals surface area contributed by atoms with Crippen LogP contribution in [0.1, 0.15) is 0 Å². The maximum Gasteiger partial charge on any atom is 0.317 e. The first kappa shape index (κ1) is 5.97. The minimum absolute atomic E-state index is 0.0662. The van der Waals surface area contributed by atoms with Crippen LogP contribution >= 0.6 is 0 Å². The fourth-order valence-corrected chi connectivity index (χ4v) is 1.63. The zero-order chi connectivity index (χ0) is 7.14. The quantitative estimate of drug-likeness (QED) is 0.453. The Bertz CT molecular complexity index is 170. The molecule has 2 aliphatic rings. The minimum atomic E-state index is 0.0662. The van der Waals surface area contributed by atoms with E-state index in [1.165, 1.54) is 0 Å². The van der Waals surface area contributed by atoms with Gasteiger partial charge in [0.25, 0.3) is 0 Å². The van der Waals surface area contributed by atoms with Crippen LogP contribution in [-0.2, 0) is 0 Å². The monoisotopic (exact) mass is 141 g/mol. The summed E-state index contributed by atoms with van der Waals surface area (Å²) in [6.07, 6.45) is 0. The fourth-order valence-electron chi connectivity index (χ4n) is 1.63. The lowest BCUT2D eigenvalue weighted by molar-refractivity contribution is 0.217. The number of hydrogen-bond donors (Lipinski definition) is 2. The lowest BCUT2D eigenvalue weighted by atomic mass is 10.2. The van der Waals surface area contributed by atoms with Gasteiger partial charge in [-0.1, -0.05) is 0 Å². The van der Waals surface area contributed by atoms with Gasteiger partial charge in [-0.25, -0.2) is 4.79 Å². The topological polar surface area (TPSA) is 44.4 Å². The second kappa shape index (κ2) is 1.85. The van der Waals surface area contributed by atoms with Gasteiger partial charge in [0.2, 0.25) is 0 Å². The summed E-state index contributed by atoms with van der Waals surface area (Å²) in [4.78, 5) is 12.7. The second-order valence-corrected chi connectivity index (χ2v) is 2.89. The lowest BCUT2D eigenvalue weighted by Gasteiger charge is -2.14. The molecule has 0 aromatic rings. The molecule has 2 fully saturated rings. The number of rotatable bonds is 0. The van der Waals surface area contributed by atoms with Gasteiger partial charge in [0.05, 0.1) is 12.1 Å². The number of fused-ring (bicyclic) bond motifs is 1. The maximum atomic E-state index is 11.0. The van der Waals surface area contributed by atoms with E-state index < -0.39 is 0 Å². The summed E-state index contributed by atoms with van der Waals surface area (Å²) >= 11 is 0. The molecule has 4 heteroatoms. The predicted octanol–water partition coefficient (Wildman–Crippen LogP) is -1.02. The maximum absolute atomic E-state index is 11.0. The first-order chi connectivity index (χ1) is 4.79. The van der Waals surface area contributed by atoms with Crippen molar-refractivity contribution < 1.29 is 4.79 Å². The summed E-state index contributed by atoms with van der Waals surface area (Å²) in [6.45, 7) is 1.85. The van der Waals surface area contributed by atoms with Gasteiger partial charge >= 0.3 is 6.03 Å². The van der Waals surface area contributed by atoms with E-state index in [1.807, 2.05) is 7.05 Å². The first-order valence-corrected chi connectivity index (χ1v) is 3.53. The lowest BCUT2D eigenvalue weighted by Crippen LogP contribution is -2.33. The van der Waals surface area contributed by atoms with Crippen LogP contribution in [0.2, 0.25) is 0 Å². The summed E-state index contributed by atoms with van der Waals surface area (Å²) in [5.74, 6) is 0. The van der Waals surface area contributed by atoms with E-state index >= 15 is 0 Å². The Labute approximate surface area is 59.6 Å². The SMILES string of the molecule is CN1C(=O)NC2CNCC21. The molecular formula is C6H11N3O. The molecule has 2 saturated heterocycles. The first-order valence-electron chi connectivity index (χ1n) is 3.53. The largest absolute Gasteiger partial charge is 0.332 e. The van der Waals surface area contributed by atoms with E-state index in [2.05, 4.69) is 10.6 Å². The van der Waals surface area contributed by atoms with Crippen molar-refractivity contribution in [3.63, 3.8) is 0 Å². The van der Waals surface area contributed by atoms with Crippen molar-refractivity contribution in [2.75, 3.05) is 20.1 Å². The molecule has 0 saturated carbocycles. The van der Waals surface area contributed by atoms with Crippen LogP contribution in [0.3, 0.4) is 0 Å². The van der Waals surface area contributed by atoms with Gasteiger partial charge in [-0.15, -0.1) is 0 Å². The molecule has 0 radical (unpaired) electrons. The van der Waals surface area contributed by atoms with E-state index in [4.69, 9.17) is 0 Å². The van der Waals surface area contributed by atoms with Gasteiger partial charge in [0.1, 0.15) is 0 Å². The third kappa shape index (κ3) is 0.623. The zero-order valence-electron chi connectivity index (χ0n) is 5.92. The highest BCUT2D eigenvalue weighted by Gasteiger charge is 2.39. The van der Waals surface area contributed by atoms with Crippen LogP contribution in [0.15, 0.2) is 0 Å². The molecule has 2 amide bonds. The average Bonchev–Trinajstić information content (AvgIpc) is 2.41. The second-order valence-electron chi connectivity index (χ2n) is 2.89. The van der Waals surface area contributed by atoms with Gasteiger partial charge in [-0.2, -0.15) is 0 Å². The molecule has 0 aliphatic carbocycles. The number of nitrogens with zero attached hydrogens (tertiary/aromatic N) is 1. The molecule has 56 valence electrons. The van der Waals surface area contributed by atoms with Crippen LogP contribution < -0.4 is 10.6 Å². The van der Waals surface area contributed by atoms with Crippen molar-refractivity contribution in [1.82, 2.24) is 15.5 Å². The van der Waals surface area contributed by atoms with Crippen LogP contribution in [0.25, 0.3) is 0 Å². The van der Waals surface area contributed by atoms with Crippen LogP contribution in [0.5, 0.6) is 0 Å². The smallest absolute Gasteiger partial charge is 0.317 e. The molecule has 10 heavy (non-hydrogen) atoms. The third-order valence-corrected chi connectivity index (χ3v) is 2.31. The molecule has 4 nitrogen and oxygen atoms in total. The highest BCUT2D eigenvalue weighted by Crippen LogP contribution is 2.13. The zero-order valence-corrected chi connectivity index (χ0v) is 5.92. The minimum Gasteiger partial charge on any atom is -0.332 e. The van der Waals surface area contributed by atoms with E-state index in [1.54, 1.807) is 4.90 Å².